The Morgan fingerprint density at radius 3 is 2.77 bits per heavy atom. The van der Waals surface area contributed by atoms with Crippen molar-refractivity contribution in [3.63, 3.8) is 0 Å². The molecule has 0 radical (unpaired) electrons. The van der Waals surface area contributed by atoms with E-state index in [2.05, 4.69) is 5.32 Å². The first kappa shape index (κ1) is 10.9. The minimum Gasteiger partial charge on any atom is -0.390 e. The predicted octanol–water partition coefficient (Wildman–Crippen LogP) is -0.505. The Morgan fingerprint density at radius 1 is 1.46 bits per heavy atom. The average molecular weight is 189 g/mol. The number of rotatable bonds is 3. The van der Waals surface area contributed by atoms with Crippen LogP contribution in [0.5, 0.6) is 0 Å². The van der Waals surface area contributed by atoms with Gasteiger partial charge in [0.2, 0.25) is 0 Å². The van der Waals surface area contributed by atoms with Crippen molar-refractivity contribution in [2.24, 2.45) is 0 Å². The van der Waals surface area contributed by atoms with Crippen molar-refractivity contribution in [2.45, 2.75) is 44.6 Å². The molecule has 1 heterocycles. The highest BCUT2D eigenvalue weighted by Gasteiger charge is 2.30. The molecule has 1 fully saturated rings. The van der Waals surface area contributed by atoms with Crippen molar-refractivity contribution in [1.82, 2.24) is 5.32 Å². The number of hydrogen-bond acceptors (Lipinski definition) is 4. The van der Waals surface area contributed by atoms with Crippen LogP contribution in [0.25, 0.3) is 0 Å². The van der Waals surface area contributed by atoms with E-state index in [1.54, 1.807) is 0 Å². The standard InChI is InChI=1S/C9H19NO3/c1-6(2)10-5-8-9(12)7(11)3-4-13-8/h6-12H,3-5H2,1-2H3/t7?,8?,9-/m0/s1. The van der Waals surface area contributed by atoms with Crippen molar-refractivity contribution in [3.8, 4) is 0 Å². The normalized spacial score (nSPS) is 35.3. The highest BCUT2D eigenvalue weighted by molar-refractivity contribution is 4.82. The van der Waals surface area contributed by atoms with E-state index >= 15 is 0 Å². The zero-order valence-corrected chi connectivity index (χ0v) is 8.23. The maximum absolute atomic E-state index is 9.54. The Labute approximate surface area is 78.9 Å². The first-order chi connectivity index (χ1) is 6.11. The van der Waals surface area contributed by atoms with Crippen LogP contribution in [0.1, 0.15) is 20.3 Å². The van der Waals surface area contributed by atoms with Gasteiger partial charge in [-0.05, 0) is 6.42 Å². The van der Waals surface area contributed by atoms with Gasteiger partial charge in [0.1, 0.15) is 6.10 Å². The van der Waals surface area contributed by atoms with Gasteiger partial charge in [-0.2, -0.15) is 0 Å². The summed E-state index contributed by atoms with van der Waals surface area (Å²) in [6.45, 7) is 5.19. The zero-order chi connectivity index (χ0) is 9.84. The summed E-state index contributed by atoms with van der Waals surface area (Å²) >= 11 is 0. The second kappa shape index (κ2) is 4.91. The van der Waals surface area contributed by atoms with Gasteiger partial charge < -0.3 is 20.3 Å². The molecule has 0 aromatic carbocycles. The first-order valence-electron chi connectivity index (χ1n) is 4.82. The fourth-order valence-electron chi connectivity index (χ4n) is 1.39. The molecule has 0 bridgehead atoms. The highest BCUT2D eigenvalue weighted by Crippen LogP contribution is 2.13. The largest absolute Gasteiger partial charge is 0.390 e. The Kier molecular flexibility index (Phi) is 4.12. The Bertz CT molecular complexity index is 152. The van der Waals surface area contributed by atoms with Crippen LogP contribution >= 0.6 is 0 Å². The fourth-order valence-corrected chi connectivity index (χ4v) is 1.39. The van der Waals surface area contributed by atoms with Gasteiger partial charge in [0.25, 0.3) is 0 Å². The van der Waals surface area contributed by atoms with Crippen LogP contribution in [-0.4, -0.2) is 47.7 Å². The molecule has 0 spiro atoms. The Morgan fingerprint density at radius 2 is 2.15 bits per heavy atom. The van der Waals surface area contributed by atoms with Gasteiger partial charge in [0.15, 0.2) is 0 Å². The molecule has 1 aliphatic heterocycles. The van der Waals surface area contributed by atoms with Gasteiger partial charge in [0, 0.05) is 19.2 Å². The fraction of sp³-hybridized carbons (Fsp3) is 1.00. The third-order valence-corrected chi connectivity index (χ3v) is 2.25. The van der Waals surface area contributed by atoms with Crippen LogP contribution in [0.2, 0.25) is 0 Å². The van der Waals surface area contributed by atoms with Crippen LogP contribution in [0, 0.1) is 0 Å². The molecular weight excluding hydrogens is 170 g/mol. The van der Waals surface area contributed by atoms with Crippen molar-refractivity contribution >= 4 is 0 Å². The van der Waals surface area contributed by atoms with Gasteiger partial charge in [-0.15, -0.1) is 0 Å². The number of nitrogens with one attached hydrogen (secondary N) is 1. The Balaban J connectivity index is 2.31. The van der Waals surface area contributed by atoms with E-state index < -0.39 is 12.2 Å². The summed E-state index contributed by atoms with van der Waals surface area (Å²) in [4.78, 5) is 0. The molecule has 0 aliphatic carbocycles. The van der Waals surface area contributed by atoms with Crippen LogP contribution in [0.3, 0.4) is 0 Å². The van der Waals surface area contributed by atoms with E-state index in [1.165, 1.54) is 0 Å². The number of hydrogen-bond donors (Lipinski definition) is 3. The van der Waals surface area contributed by atoms with Gasteiger partial charge in [-0.1, -0.05) is 13.8 Å². The molecule has 4 heteroatoms. The van der Waals surface area contributed by atoms with Crippen LogP contribution in [-0.2, 0) is 4.74 Å². The van der Waals surface area contributed by atoms with Crippen molar-refractivity contribution in [1.29, 1.82) is 0 Å². The van der Waals surface area contributed by atoms with Crippen LogP contribution in [0.4, 0.5) is 0 Å². The molecule has 4 nitrogen and oxygen atoms in total. The van der Waals surface area contributed by atoms with E-state index in [0.717, 1.165) is 0 Å². The smallest absolute Gasteiger partial charge is 0.107 e. The molecule has 1 saturated heterocycles. The molecule has 13 heavy (non-hydrogen) atoms. The van der Waals surface area contributed by atoms with Crippen molar-refractivity contribution < 1.29 is 14.9 Å². The second-order valence-corrected chi connectivity index (χ2v) is 3.82. The molecule has 0 aromatic rings. The topological polar surface area (TPSA) is 61.7 Å². The van der Waals surface area contributed by atoms with Gasteiger partial charge >= 0.3 is 0 Å². The molecule has 0 saturated carbocycles. The molecule has 2 unspecified atom stereocenters. The SMILES string of the molecule is CC(C)NCC1OCCC(O)[C@@H]1O. The molecule has 3 N–H and O–H groups in total. The molecule has 1 aliphatic rings. The van der Waals surface area contributed by atoms with E-state index in [4.69, 9.17) is 4.74 Å². The van der Waals surface area contributed by atoms with Gasteiger partial charge in [-0.25, -0.2) is 0 Å². The van der Waals surface area contributed by atoms with Crippen LogP contribution < -0.4 is 5.32 Å². The maximum atomic E-state index is 9.54. The first-order valence-corrected chi connectivity index (χ1v) is 4.82. The predicted molar refractivity (Wildman–Crippen MR) is 49.5 cm³/mol. The number of aliphatic hydroxyl groups excluding tert-OH is 2. The molecule has 78 valence electrons. The number of ether oxygens (including phenoxy) is 1. The van der Waals surface area contributed by atoms with E-state index in [-0.39, 0.29) is 6.10 Å². The monoisotopic (exact) mass is 189 g/mol. The summed E-state index contributed by atoms with van der Waals surface area (Å²) in [6, 6.07) is 0.370. The lowest BCUT2D eigenvalue weighted by Gasteiger charge is -2.32. The second-order valence-electron chi connectivity index (χ2n) is 3.82. The van der Waals surface area contributed by atoms with Gasteiger partial charge in [-0.3, -0.25) is 0 Å². The molecule has 3 atom stereocenters. The highest BCUT2D eigenvalue weighted by atomic mass is 16.5. The average Bonchev–Trinajstić information content (AvgIpc) is 2.07. The van der Waals surface area contributed by atoms with Crippen LogP contribution in [0.15, 0.2) is 0 Å². The third-order valence-electron chi connectivity index (χ3n) is 2.25. The lowest BCUT2D eigenvalue weighted by molar-refractivity contribution is -0.133. The third kappa shape index (κ3) is 3.23. The summed E-state index contributed by atoms with van der Waals surface area (Å²) in [7, 11) is 0. The summed E-state index contributed by atoms with van der Waals surface area (Å²) in [5, 5.41) is 22.1. The van der Waals surface area contributed by atoms with E-state index in [1.807, 2.05) is 13.8 Å². The molecule has 0 aromatic heterocycles. The lowest BCUT2D eigenvalue weighted by Crippen LogP contribution is -2.49. The molecular formula is C9H19NO3. The summed E-state index contributed by atoms with van der Waals surface area (Å²) in [6.07, 6.45) is -1.13. The Hall–Kier alpha value is -0.160. The maximum Gasteiger partial charge on any atom is 0.107 e. The summed E-state index contributed by atoms with van der Waals surface area (Å²) in [5.41, 5.74) is 0. The van der Waals surface area contributed by atoms with Crippen molar-refractivity contribution in [2.75, 3.05) is 13.2 Å². The minimum absolute atomic E-state index is 0.272. The quantitative estimate of drug-likeness (QED) is 0.560. The van der Waals surface area contributed by atoms with Gasteiger partial charge in [0.05, 0.1) is 12.2 Å². The summed E-state index contributed by atoms with van der Waals surface area (Å²) in [5.74, 6) is 0. The number of aliphatic hydroxyl groups is 2. The molecule has 1 rings (SSSR count). The minimum atomic E-state index is -0.750. The lowest BCUT2D eigenvalue weighted by atomic mass is 10.0. The molecule has 0 amide bonds. The van der Waals surface area contributed by atoms with E-state index in [9.17, 15) is 10.2 Å². The zero-order valence-electron chi connectivity index (χ0n) is 8.23. The van der Waals surface area contributed by atoms with Crippen molar-refractivity contribution in [3.05, 3.63) is 0 Å². The van der Waals surface area contributed by atoms with E-state index in [0.29, 0.717) is 25.6 Å². The summed E-state index contributed by atoms with van der Waals surface area (Å²) < 4.78 is 5.34.